The number of ether oxygens (including phenoxy) is 3. The summed E-state index contributed by atoms with van der Waals surface area (Å²) in [6.07, 6.45) is -3.85. The monoisotopic (exact) mass is 497 g/mol. The number of halogens is 1. The molecule has 0 saturated carbocycles. The Kier molecular flexibility index (Phi) is 5.63. The van der Waals surface area contributed by atoms with E-state index in [2.05, 4.69) is 15.1 Å². The van der Waals surface area contributed by atoms with Crippen LogP contribution in [0.25, 0.3) is 15.9 Å². The molecule has 2 aromatic carbocycles. The van der Waals surface area contributed by atoms with Crippen molar-refractivity contribution in [3.05, 3.63) is 70.5 Å². The summed E-state index contributed by atoms with van der Waals surface area (Å²) < 4.78 is 35.5. The van der Waals surface area contributed by atoms with Crippen LogP contribution in [0.1, 0.15) is 34.6 Å². The fourth-order valence-corrected chi connectivity index (χ4v) is 5.53. The van der Waals surface area contributed by atoms with E-state index in [4.69, 9.17) is 19.9 Å². The van der Waals surface area contributed by atoms with Crippen LogP contribution in [0.2, 0.25) is 0 Å². The van der Waals surface area contributed by atoms with Crippen molar-refractivity contribution in [3.8, 4) is 5.69 Å². The second-order valence-electron chi connectivity index (χ2n) is 8.75. The Hall–Kier alpha value is -2.80. The lowest BCUT2D eigenvalue weighted by Gasteiger charge is -2.46. The maximum absolute atomic E-state index is 15.5. The lowest BCUT2D eigenvalue weighted by molar-refractivity contribution is -0.309. The fourth-order valence-electron chi connectivity index (χ4n) is 4.68. The van der Waals surface area contributed by atoms with Crippen molar-refractivity contribution in [2.24, 2.45) is 5.73 Å². The first-order valence-electron chi connectivity index (χ1n) is 11.3. The zero-order chi connectivity index (χ0) is 24.3. The van der Waals surface area contributed by atoms with Crippen LogP contribution >= 0.6 is 11.3 Å². The Morgan fingerprint density at radius 2 is 1.91 bits per heavy atom. The van der Waals surface area contributed by atoms with Crippen molar-refractivity contribution in [3.63, 3.8) is 0 Å². The lowest BCUT2D eigenvalue weighted by atomic mass is 9.92. The first kappa shape index (κ1) is 22.7. The number of aliphatic hydroxyl groups excluding tert-OH is 1. The van der Waals surface area contributed by atoms with Crippen LogP contribution in [0.5, 0.6) is 0 Å². The number of nitrogens with zero attached hydrogens (tertiary/aromatic N) is 4. The minimum atomic E-state index is -1.16. The van der Waals surface area contributed by atoms with Crippen molar-refractivity contribution in [2.45, 2.75) is 50.6 Å². The number of rotatable bonds is 3. The van der Waals surface area contributed by atoms with E-state index in [1.807, 2.05) is 37.3 Å². The molecule has 9 nitrogen and oxygen atoms in total. The van der Waals surface area contributed by atoms with Gasteiger partial charge in [-0.15, -0.1) is 11.3 Å². The van der Waals surface area contributed by atoms with E-state index in [-0.39, 0.29) is 18.1 Å². The third-order valence-corrected chi connectivity index (χ3v) is 7.32. The average molecular weight is 498 g/mol. The summed E-state index contributed by atoms with van der Waals surface area (Å²) in [7, 11) is 0. The number of aryl methyl sites for hydroxylation is 2. The van der Waals surface area contributed by atoms with Gasteiger partial charge in [0, 0.05) is 5.56 Å². The van der Waals surface area contributed by atoms with E-state index in [0.717, 1.165) is 10.6 Å². The van der Waals surface area contributed by atoms with Gasteiger partial charge >= 0.3 is 0 Å². The van der Waals surface area contributed by atoms with Gasteiger partial charge in [0.05, 0.1) is 27.9 Å². The van der Waals surface area contributed by atoms with Crippen LogP contribution in [0, 0.1) is 19.7 Å². The topological polar surface area (TPSA) is 118 Å². The van der Waals surface area contributed by atoms with Gasteiger partial charge < -0.3 is 25.1 Å². The predicted octanol–water partition coefficient (Wildman–Crippen LogP) is 2.88. The number of fused-ring (bicyclic) bond motifs is 2. The van der Waals surface area contributed by atoms with Crippen molar-refractivity contribution in [1.29, 1.82) is 0 Å². The number of hydrogen-bond donors (Lipinski definition) is 2. The molecule has 0 radical (unpaired) electrons. The van der Waals surface area contributed by atoms with Crippen molar-refractivity contribution in [1.82, 2.24) is 19.7 Å². The van der Waals surface area contributed by atoms with Crippen molar-refractivity contribution < 1.29 is 23.7 Å². The second kappa shape index (κ2) is 8.70. The van der Waals surface area contributed by atoms with Gasteiger partial charge in [-0.05, 0) is 26.0 Å². The minimum Gasteiger partial charge on any atom is -0.388 e. The molecule has 0 amide bonds. The summed E-state index contributed by atoms with van der Waals surface area (Å²) in [6, 6.07) is 12.1. The van der Waals surface area contributed by atoms with E-state index < -0.39 is 42.6 Å². The Balaban J connectivity index is 1.32. The molecule has 6 rings (SSSR count). The maximum Gasteiger partial charge on any atom is 0.184 e. The number of benzene rings is 2. The zero-order valence-corrected chi connectivity index (χ0v) is 19.9. The Morgan fingerprint density at radius 3 is 2.71 bits per heavy atom. The number of thiazole rings is 1. The molecule has 35 heavy (non-hydrogen) atoms. The molecule has 2 aliphatic rings. The lowest BCUT2D eigenvalue weighted by Crippen LogP contribution is -2.62. The quantitative estimate of drug-likeness (QED) is 0.444. The molecule has 6 atom stereocenters. The van der Waals surface area contributed by atoms with Gasteiger partial charge in [0.15, 0.2) is 17.9 Å². The highest BCUT2D eigenvalue weighted by Crippen LogP contribution is 2.39. The van der Waals surface area contributed by atoms with Gasteiger partial charge in [-0.25, -0.2) is 19.0 Å². The van der Waals surface area contributed by atoms with E-state index in [9.17, 15) is 5.11 Å². The highest BCUT2D eigenvalue weighted by molar-refractivity contribution is 7.18. The molecule has 2 saturated heterocycles. The molecule has 4 heterocycles. The third-order valence-electron chi connectivity index (χ3n) is 6.34. The van der Waals surface area contributed by atoms with E-state index in [0.29, 0.717) is 16.0 Å². The van der Waals surface area contributed by atoms with Gasteiger partial charge in [-0.1, -0.05) is 30.3 Å². The molecule has 182 valence electrons. The molecule has 3 N–H and O–H groups in total. The van der Waals surface area contributed by atoms with Crippen molar-refractivity contribution >= 4 is 21.6 Å². The summed E-state index contributed by atoms with van der Waals surface area (Å²) in [5.74, 6) is 0.210. The van der Waals surface area contributed by atoms with Crippen molar-refractivity contribution in [2.75, 3.05) is 6.61 Å². The first-order valence-corrected chi connectivity index (χ1v) is 12.1. The normalized spacial score (nSPS) is 28.8. The predicted molar refractivity (Wildman–Crippen MR) is 126 cm³/mol. The van der Waals surface area contributed by atoms with Gasteiger partial charge in [-0.2, -0.15) is 5.10 Å². The third kappa shape index (κ3) is 3.84. The molecule has 4 aromatic rings. The summed E-state index contributed by atoms with van der Waals surface area (Å²) in [5, 5.41) is 16.3. The molecule has 2 fully saturated rings. The van der Waals surface area contributed by atoms with Gasteiger partial charge in [0.25, 0.3) is 0 Å². The largest absolute Gasteiger partial charge is 0.388 e. The highest BCUT2D eigenvalue weighted by Gasteiger charge is 2.49. The maximum atomic E-state index is 15.5. The summed E-state index contributed by atoms with van der Waals surface area (Å²) in [4.78, 5) is 8.82. The number of aliphatic hydroxyl groups is 1. The Labute approximate surface area is 204 Å². The summed E-state index contributed by atoms with van der Waals surface area (Å²) >= 11 is 1.27. The molecule has 4 unspecified atom stereocenters. The van der Waals surface area contributed by atoms with Crippen LogP contribution < -0.4 is 5.73 Å². The summed E-state index contributed by atoms with van der Waals surface area (Å²) in [6.45, 7) is 3.74. The Morgan fingerprint density at radius 1 is 1.11 bits per heavy atom. The van der Waals surface area contributed by atoms with Gasteiger partial charge in [-0.3, -0.25) is 0 Å². The SMILES string of the molecule is Cc1nc([C@@H]2OC3COC(c4ccccc4)O[C@@H]3C(N)C2O)n(-c2ccc3nc(C)sc3c2F)n1. The van der Waals surface area contributed by atoms with Crippen LogP contribution in [0.4, 0.5) is 4.39 Å². The molecular formula is C24H24FN5O4S. The van der Waals surface area contributed by atoms with Crippen LogP contribution in [0.15, 0.2) is 42.5 Å². The minimum absolute atomic E-state index is 0.198. The molecule has 11 heteroatoms. The summed E-state index contributed by atoms with van der Waals surface area (Å²) in [5.41, 5.74) is 8.09. The molecule has 2 aliphatic heterocycles. The zero-order valence-electron chi connectivity index (χ0n) is 19.0. The molecule has 0 spiro atoms. The fraction of sp³-hybridized carbons (Fsp3) is 0.375. The molecule has 0 aliphatic carbocycles. The first-order chi connectivity index (χ1) is 16.9. The van der Waals surface area contributed by atoms with E-state index in [1.54, 1.807) is 19.1 Å². The average Bonchev–Trinajstić information content (AvgIpc) is 3.44. The molecule has 0 bridgehead atoms. The van der Waals surface area contributed by atoms with E-state index in [1.165, 1.54) is 16.0 Å². The molecule has 2 aromatic heterocycles. The van der Waals surface area contributed by atoms with E-state index >= 15 is 4.39 Å². The number of aromatic nitrogens is 4. The van der Waals surface area contributed by atoms with Crippen LogP contribution in [-0.4, -0.2) is 55.8 Å². The number of nitrogens with two attached hydrogens (primary N) is 1. The standard InChI is InChI=1S/C24H24FN5O4S/c1-11-27-23(30(29-11)15-9-8-14-22(17(15)25)35-12(2)28-14)21-19(31)18(26)20-16(33-21)10-32-24(34-20)13-6-4-3-5-7-13/h3-9,16,18-21,24,31H,10,26H2,1-2H3/t16?,18?,19?,20-,21+,24?/m0/s1. The highest BCUT2D eigenvalue weighted by atomic mass is 32.1. The second-order valence-corrected chi connectivity index (χ2v) is 9.95. The van der Waals surface area contributed by atoms with Gasteiger partial charge in [0.2, 0.25) is 0 Å². The molecular weight excluding hydrogens is 473 g/mol. The van der Waals surface area contributed by atoms with Gasteiger partial charge in [0.1, 0.15) is 35.9 Å². The van der Waals surface area contributed by atoms with Crippen LogP contribution in [0.3, 0.4) is 0 Å². The Bertz CT molecular complexity index is 1380. The van der Waals surface area contributed by atoms with Crippen LogP contribution in [-0.2, 0) is 14.2 Å². The number of hydrogen-bond acceptors (Lipinski definition) is 9. The smallest absolute Gasteiger partial charge is 0.184 e.